The summed E-state index contributed by atoms with van der Waals surface area (Å²) in [5, 5.41) is 2.74. The second kappa shape index (κ2) is 5.02. The van der Waals surface area contributed by atoms with E-state index in [0.29, 0.717) is 22.7 Å². The molecule has 0 aliphatic carbocycles. The Bertz CT molecular complexity index is 690. The summed E-state index contributed by atoms with van der Waals surface area (Å²) in [7, 11) is 0. The van der Waals surface area contributed by atoms with Gasteiger partial charge in [-0.2, -0.15) is 0 Å². The van der Waals surface area contributed by atoms with E-state index in [9.17, 15) is 9.18 Å². The molecule has 0 unspecified atom stereocenters. The van der Waals surface area contributed by atoms with E-state index in [4.69, 9.17) is 21.1 Å². The summed E-state index contributed by atoms with van der Waals surface area (Å²) < 4.78 is 23.4. The molecule has 3 rings (SSSR count). The van der Waals surface area contributed by atoms with E-state index in [2.05, 4.69) is 5.32 Å². The molecule has 0 fully saturated rings. The van der Waals surface area contributed by atoms with Gasteiger partial charge in [0.2, 0.25) is 6.79 Å². The lowest BCUT2D eigenvalue weighted by molar-refractivity contribution is 0.102. The van der Waals surface area contributed by atoms with Gasteiger partial charge in [-0.15, -0.1) is 0 Å². The molecule has 0 spiro atoms. The molecule has 0 bridgehead atoms. The van der Waals surface area contributed by atoms with Gasteiger partial charge in [0.15, 0.2) is 11.5 Å². The van der Waals surface area contributed by atoms with Crippen LogP contribution in [0.15, 0.2) is 36.4 Å². The van der Waals surface area contributed by atoms with Crippen molar-refractivity contribution in [1.29, 1.82) is 0 Å². The van der Waals surface area contributed by atoms with Gasteiger partial charge < -0.3 is 14.8 Å². The molecule has 0 aromatic heterocycles. The smallest absolute Gasteiger partial charge is 0.259 e. The fourth-order valence-electron chi connectivity index (χ4n) is 1.89. The summed E-state index contributed by atoms with van der Waals surface area (Å²) in [5.41, 5.74) is 0.662. The monoisotopic (exact) mass is 293 g/mol. The molecule has 1 N–H and O–H groups in total. The van der Waals surface area contributed by atoms with Crippen LogP contribution in [0.5, 0.6) is 11.5 Å². The second-order valence-electron chi connectivity index (χ2n) is 4.12. The lowest BCUT2D eigenvalue weighted by Crippen LogP contribution is -2.13. The van der Waals surface area contributed by atoms with E-state index < -0.39 is 11.7 Å². The molecule has 102 valence electrons. The normalized spacial score (nSPS) is 12.3. The number of fused-ring (bicyclic) bond motifs is 1. The summed E-state index contributed by atoms with van der Waals surface area (Å²) in [6.07, 6.45) is 0. The van der Waals surface area contributed by atoms with Crippen molar-refractivity contribution in [2.24, 2.45) is 0 Å². The van der Waals surface area contributed by atoms with Crippen LogP contribution in [-0.2, 0) is 0 Å². The minimum atomic E-state index is -0.467. The molecule has 1 heterocycles. The Hall–Kier alpha value is -2.27. The first-order valence-electron chi connectivity index (χ1n) is 5.80. The molecule has 6 heteroatoms. The van der Waals surface area contributed by atoms with Crippen molar-refractivity contribution in [3.05, 3.63) is 52.8 Å². The highest BCUT2D eigenvalue weighted by molar-refractivity contribution is 6.34. The average Bonchev–Trinajstić information content (AvgIpc) is 2.90. The van der Waals surface area contributed by atoms with Gasteiger partial charge in [-0.05, 0) is 30.3 Å². The number of carbonyl (C=O) groups is 1. The molecule has 1 amide bonds. The maximum atomic E-state index is 13.0. The lowest BCUT2D eigenvalue weighted by Gasteiger charge is -2.09. The van der Waals surface area contributed by atoms with Crippen LogP contribution in [0.2, 0.25) is 5.02 Å². The van der Waals surface area contributed by atoms with Gasteiger partial charge in [0.05, 0.1) is 16.3 Å². The van der Waals surface area contributed by atoms with Crippen LogP contribution in [0.3, 0.4) is 0 Å². The fraction of sp³-hybridized carbons (Fsp3) is 0.0714. The summed E-state index contributed by atoms with van der Waals surface area (Å²) in [6, 6.07) is 8.76. The number of rotatable bonds is 2. The SMILES string of the molecule is O=C(Nc1ccc(F)cc1Cl)c1cccc2c1OCO2. The third-order valence-electron chi connectivity index (χ3n) is 2.82. The minimum absolute atomic E-state index is 0.0803. The van der Waals surface area contributed by atoms with Gasteiger partial charge in [0, 0.05) is 0 Å². The van der Waals surface area contributed by atoms with Crippen LogP contribution >= 0.6 is 11.6 Å². The maximum Gasteiger partial charge on any atom is 0.259 e. The molecule has 20 heavy (non-hydrogen) atoms. The van der Waals surface area contributed by atoms with Crippen LogP contribution < -0.4 is 14.8 Å². The summed E-state index contributed by atoms with van der Waals surface area (Å²) in [4.78, 5) is 12.2. The third kappa shape index (κ3) is 2.28. The molecule has 2 aromatic carbocycles. The maximum absolute atomic E-state index is 13.0. The lowest BCUT2D eigenvalue weighted by atomic mass is 10.1. The zero-order valence-electron chi connectivity index (χ0n) is 10.2. The van der Waals surface area contributed by atoms with Crippen molar-refractivity contribution in [2.45, 2.75) is 0 Å². The number of para-hydroxylation sites is 1. The first kappa shape index (κ1) is 12.7. The van der Waals surface area contributed by atoms with E-state index in [1.165, 1.54) is 12.1 Å². The number of hydrogen-bond donors (Lipinski definition) is 1. The predicted octanol–water partition coefficient (Wildman–Crippen LogP) is 3.46. The standard InChI is InChI=1S/C14H9ClFNO3/c15-10-6-8(16)4-5-11(10)17-14(18)9-2-1-3-12-13(9)20-7-19-12/h1-6H,7H2,(H,17,18). The van der Waals surface area contributed by atoms with Gasteiger partial charge in [-0.1, -0.05) is 17.7 Å². The van der Waals surface area contributed by atoms with Crippen LogP contribution in [0.25, 0.3) is 0 Å². The van der Waals surface area contributed by atoms with Crippen LogP contribution in [0.4, 0.5) is 10.1 Å². The molecule has 1 aliphatic heterocycles. The summed E-state index contributed by atoms with van der Waals surface area (Å²) in [6.45, 7) is 0.0803. The zero-order chi connectivity index (χ0) is 14.1. The van der Waals surface area contributed by atoms with Crippen molar-refractivity contribution in [3.63, 3.8) is 0 Å². The molecule has 4 nitrogen and oxygen atoms in total. The summed E-state index contributed by atoms with van der Waals surface area (Å²) in [5.74, 6) is 0.0391. The van der Waals surface area contributed by atoms with Gasteiger partial charge in [-0.25, -0.2) is 4.39 Å². The predicted molar refractivity (Wildman–Crippen MR) is 71.9 cm³/mol. The summed E-state index contributed by atoms with van der Waals surface area (Å²) >= 11 is 5.87. The van der Waals surface area contributed by atoms with Gasteiger partial charge >= 0.3 is 0 Å². The van der Waals surface area contributed by atoms with Crippen molar-refractivity contribution in [1.82, 2.24) is 0 Å². The number of ether oxygens (including phenoxy) is 2. The average molecular weight is 294 g/mol. The zero-order valence-corrected chi connectivity index (χ0v) is 10.9. The minimum Gasteiger partial charge on any atom is -0.454 e. The topological polar surface area (TPSA) is 47.6 Å². The first-order valence-corrected chi connectivity index (χ1v) is 6.18. The van der Waals surface area contributed by atoms with Gasteiger partial charge in [0.1, 0.15) is 5.82 Å². The number of nitrogens with one attached hydrogen (secondary N) is 1. The molecule has 0 saturated carbocycles. The second-order valence-corrected chi connectivity index (χ2v) is 4.52. The van der Waals surface area contributed by atoms with Crippen molar-refractivity contribution in [2.75, 3.05) is 12.1 Å². The number of anilines is 1. The Kier molecular flexibility index (Phi) is 3.20. The third-order valence-corrected chi connectivity index (χ3v) is 3.13. The Morgan fingerprint density at radius 2 is 2.10 bits per heavy atom. The Morgan fingerprint density at radius 3 is 2.90 bits per heavy atom. The van der Waals surface area contributed by atoms with E-state index in [0.717, 1.165) is 6.07 Å². The Balaban J connectivity index is 1.89. The van der Waals surface area contributed by atoms with E-state index >= 15 is 0 Å². The molecule has 0 saturated heterocycles. The number of halogens is 2. The molecular weight excluding hydrogens is 285 g/mol. The number of carbonyl (C=O) groups excluding carboxylic acids is 1. The van der Waals surface area contributed by atoms with Crippen molar-refractivity contribution >= 4 is 23.2 Å². The first-order chi connectivity index (χ1) is 9.65. The molecular formula is C14H9ClFNO3. The van der Waals surface area contributed by atoms with E-state index in [1.807, 2.05) is 0 Å². The highest BCUT2D eigenvalue weighted by Crippen LogP contribution is 2.36. The molecule has 0 atom stereocenters. The van der Waals surface area contributed by atoms with E-state index in [-0.39, 0.29) is 11.8 Å². The van der Waals surface area contributed by atoms with Gasteiger partial charge in [-0.3, -0.25) is 4.79 Å². The quantitative estimate of drug-likeness (QED) is 0.922. The number of benzene rings is 2. The van der Waals surface area contributed by atoms with Crippen LogP contribution in [-0.4, -0.2) is 12.7 Å². The van der Waals surface area contributed by atoms with Crippen LogP contribution in [0.1, 0.15) is 10.4 Å². The molecule has 2 aromatic rings. The Morgan fingerprint density at radius 1 is 1.25 bits per heavy atom. The molecule has 0 radical (unpaired) electrons. The number of amides is 1. The van der Waals surface area contributed by atoms with Crippen molar-refractivity contribution in [3.8, 4) is 11.5 Å². The molecule has 1 aliphatic rings. The largest absolute Gasteiger partial charge is 0.454 e. The van der Waals surface area contributed by atoms with E-state index in [1.54, 1.807) is 18.2 Å². The van der Waals surface area contributed by atoms with Gasteiger partial charge in [0.25, 0.3) is 5.91 Å². The van der Waals surface area contributed by atoms with Crippen LogP contribution in [0, 0.1) is 5.82 Å². The fourth-order valence-corrected chi connectivity index (χ4v) is 2.10. The highest BCUT2D eigenvalue weighted by Gasteiger charge is 2.22. The highest BCUT2D eigenvalue weighted by atomic mass is 35.5. The van der Waals surface area contributed by atoms with Crippen molar-refractivity contribution < 1.29 is 18.7 Å². The number of hydrogen-bond acceptors (Lipinski definition) is 3. The Labute approximate surface area is 119 Å².